The van der Waals surface area contributed by atoms with E-state index < -0.39 is 5.67 Å². The quantitative estimate of drug-likeness (QED) is 0.693. The fourth-order valence-electron chi connectivity index (χ4n) is 3.65. The predicted octanol–water partition coefficient (Wildman–Crippen LogP) is 5.48. The predicted molar refractivity (Wildman–Crippen MR) is 99.2 cm³/mol. The number of piperidine rings is 1. The van der Waals surface area contributed by atoms with Crippen LogP contribution in [0.1, 0.15) is 30.9 Å². The Kier molecular flexibility index (Phi) is 5.57. The third-order valence-electron chi connectivity index (χ3n) is 5.01. The van der Waals surface area contributed by atoms with Crippen molar-refractivity contribution in [2.45, 2.75) is 31.9 Å². The SMILES string of the molecule is CC(Cc1ccccc1)CN1CCC(F)(c2ccc(Cl)cc2)CC1. The fraction of sp³-hybridized carbons (Fsp3) is 0.429. The van der Waals surface area contributed by atoms with Crippen LogP contribution < -0.4 is 0 Å². The van der Waals surface area contributed by atoms with Crippen molar-refractivity contribution in [3.05, 3.63) is 70.7 Å². The van der Waals surface area contributed by atoms with E-state index in [-0.39, 0.29) is 0 Å². The Hall–Kier alpha value is -1.38. The first-order valence-electron chi connectivity index (χ1n) is 8.76. The molecule has 1 aliphatic rings. The van der Waals surface area contributed by atoms with Crippen LogP contribution in [-0.2, 0) is 12.1 Å². The van der Waals surface area contributed by atoms with Gasteiger partial charge in [0.15, 0.2) is 0 Å². The average Bonchev–Trinajstić information content (AvgIpc) is 2.58. The van der Waals surface area contributed by atoms with Crippen molar-refractivity contribution in [2.75, 3.05) is 19.6 Å². The summed E-state index contributed by atoms with van der Waals surface area (Å²) in [5.74, 6) is 0.579. The third-order valence-corrected chi connectivity index (χ3v) is 5.26. The summed E-state index contributed by atoms with van der Waals surface area (Å²) in [7, 11) is 0. The summed E-state index contributed by atoms with van der Waals surface area (Å²) in [6, 6.07) is 17.8. The first-order chi connectivity index (χ1) is 11.5. The van der Waals surface area contributed by atoms with Gasteiger partial charge in [-0.05, 0) is 48.4 Å². The van der Waals surface area contributed by atoms with Crippen LogP contribution in [-0.4, -0.2) is 24.5 Å². The molecule has 1 fully saturated rings. The molecule has 1 saturated heterocycles. The third kappa shape index (κ3) is 4.37. The minimum atomic E-state index is -1.20. The van der Waals surface area contributed by atoms with Crippen LogP contribution in [0.2, 0.25) is 5.02 Å². The molecule has 128 valence electrons. The van der Waals surface area contributed by atoms with E-state index in [2.05, 4.69) is 42.2 Å². The molecule has 2 aromatic carbocycles. The zero-order valence-electron chi connectivity index (χ0n) is 14.2. The fourth-order valence-corrected chi connectivity index (χ4v) is 3.78. The topological polar surface area (TPSA) is 3.24 Å². The standard InChI is InChI=1S/C21H25ClFN/c1-17(15-18-5-3-2-4-6-18)16-24-13-11-21(23,12-14-24)19-7-9-20(22)10-8-19/h2-10,17H,11-16H2,1H3. The number of alkyl halides is 1. The second-order valence-electron chi connectivity index (χ2n) is 7.07. The van der Waals surface area contributed by atoms with Gasteiger partial charge < -0.3 is 4.90 Å². The molecule has 1 atom stereocenters. The molecule has 0 aromatic heterocycles. The lowest BCUT2D eigenvalue weighted by Crippen LogP contribution is -2.42. The zero-order valence-corrected chi connectivity index (χ0v) is 15.0. The minimum Gasteiger partial charge on any atom is -0.303 e. The van der Waals surface area contributed by atoms with Crippen LogP contribution in [0.4, 0.5) is 4.39 Å². The van der Waals surface area contributed by atoms with Gasteiger partial charge in [0, 0.05) is 24.7 Å². The number of benzene rings is 2. The molecule has 3 heteroatoms. The Morgan fingerprint density at radius 2 is 1.67 bits per heavy atom. The summed E-state index contributed by atoms with van der Waals surface area (Å²) in [4.78, 5) is 2.40. The van der Waals surface area contributed by atoms with Gasteiger partial charge in [-0.1, -0.05) is 61.0 Å². The number of likely N-dealkylation sites (tertiary alicyclic amines) is 1. The Bertz CT molecular complexity index is 633. The van der Waals surface area contributed by atoms with Crippen molar-refractivity contribution < 1.29 is 4.39 Å². The van der Waals surface area contributed by atoms with Crippen molar-refractivity contribution in [1.82, 2.24) is 4.90 Å². The molecule has 1 unspecified atom stereocenters. The van der Waals surface area contributed by atoms with Gasteiger partial charge in [-0.2, -0.15) is 0 Å². The monoisotopic (exact) mass is 345 g/mol. The maximum absolute atomic E-state index is 15.2. The molecular formula is C21H25ClFN. The van der Waals surface area contributed by atoms with Gasteiger partial charge >= 0.3 is 0 Å². The number of nitrogens with zero attached hydrogens (tertiary/aromatic N) is 1. The van der Waals surface area contributed by atoms with Gasteiger partial charge in [0.25, 0.3) is 0 Å². The van der Waals surface area contributed by atoms with Crippen LogP contribution in [0.25, 0.3) is 0 Å². The molecule has 24 heavy (non-hydrogen) atoms. The largest absolute Gasteiger partial charge is 0.303 e. The van der Waals surface area contributed by atoms with Gasteiger partial charge in [0.1, 0.15) is 5.67 Å². The normalized spacial score (nSPS) is 19.1. The highest BCUT2D eigenvalue weighted by Crippen LogP contribution is 2.37. The molecule has 0 aliphatic carbocycles. The Morgan fingerprint density at radius 1 is 1.04 bits per heavy atom. The highest BCUT2D eigenvalue weighted by Gasteiger charge is 2.36. The van der Waals surface area contributed by atoms with Gasteiger partial charge in [-0.25, -0.2) is 4.39 Å². The van der Waals surface area contributed by atoms with Crippen LogP contribution in [0.5, 0.6) is 0 Å². The van der Waals surface area contributed by atoms with E-state index >= 15 is 4.39 Å². The molecule has 2 aromatic rings. The summed E-state index contributed by atoms with van der Waals surface area (Å²) in [6.45, 7) is 4.95. The summed E-state index contributed by atoms with van der Waals surface area (Å²) in [5.41, 5.74) is 0.941. The molecule has 1 heterocycles. The number of halogens is 2. The van der Waals surface area contributed by atoms with Crippen molar-refractivity contribution in [3.63, 3.8) is 0 Å². The van der Waals surface area contributed by atoms with Crippen LogP contribution >= 0.6 is 11.6 Å². The van der Waals surface area contributed by atoms with Crippen molar-refractivity contribution in [1.29, 1.82) is 0 Å². The molecule has 0 bridgehead atoms. The first-order valence-corrected chi connectivity index (χ1v) is 9.14. The van der Waals surface area contributed by atoms with Crippen molar-refractivity contribution in [3.8, 4) is 0 Å². The van der Waals surface area contributed by atoms with Crippen LogP contribution in [0.3, 0.4) is 0 Å². The van der Waals surface area contributed by atoms with Crippen LogP contribution in [0.15, 0.2) is 54.6 Å². The lowest BCUT2D eigenvalue weighted by molar-refractivity contribution is 0.0500. The molecule has 0 amide bonds. The number of hydrogen-bond donors (Lipinski definition) is 0. The van der Waals surface area contributed by atoms with Gasteiger partial charge in [-0.15, -0.1) is 0 Å². The first kappa shape index (κ1) is 17.4. The summed E-state index contributed by atoms with van der Waals surface area (Å²) >= 11 is 5.91. The second-order valence-corrected chi connectivity index (χ2v) is 7.50. The molecule has 0 radical (unpaired) electrons. The van der Waals surface area contributed by atoms with Gasteiger partial charge in [0.05, 0.1) is 0 Å². The van der Waals surface area contributed by atoms with E-state index in [0.29, 0.717) is 23.8 Å². The van der Waals surface area contributed by atoms with E-state index in [1.54, 1.807) is 12.1 Å². The van der Waals surface area contributed by atoms with Crippen LogP contribution in [0, 0.1) is 5.92 Å². The van der Waals surface area contributed by atoms with E-state index in [1.807, 2.05) is 12.1 Å². The average molecular weight is 346 g/mol. The number of rotatable bonds is 5. The molecule has 0 N–H and O–H groups in total. The zero-order chi connectivity index (χ0) is 17.0. The van der Waals surface area contributed by atoms with Gasteiger partial charge in [0.2, 0.25) is 0 Å². The Balaban J connectivity index is 1.52. The van der Waals surface area contributed by atoms with Crippen molar-refractivity contribution >= 4 is 11.6 Å². The summed E-state index contributed by atoms with van der Waals surface area (Å²) in [5, 5.41) is 0.662. The molecule has 0 saturated carbocycles. The Labute approximate surface area is 149 Å². The molecule has 1 aliphatic heterocycles. The highest BCUT2D eigenvalue weighted by molar-refractivity contribution is 6.30. The van der Waals surface area contributed by atoms with E-state index in [9.17, 15) is 0 Å². The lowest BCUT2D eigenvalue weighted by Gasteiger charge is -2.37. The van der Waals surface area contributed by atoms with Gasteiger partial charge in [-0.3, -0.25) is 0 Å². The van der Waals surface area contributed by atoms with Crippen molar-refractivity contribution in [2.24, 2.45) is 5.92 Å². The summed E-state index contributed by atoms with van der Waals surface area (Å²) < 4.78 is 15.2. The second kappa shape index (κ2) is 7.67. The molecule has 0 spiro atoms. The maximum atomic E-state index is 15.2. The highest BCUT2D eigenvalue weighted by atomic mass is 35.5. The minimum absolute atomic E-state index is 0.562. The maximum Gasteiger partial charge on any atom is 0.138 e. The van der Waals surface area contributed by atoms with E-state index in [0.717, 1.165) is 31.6 Å². The Morgan fingerprint density at radius 3 is 2.29 bits per heavy atom. The van der Waals surface area contributed by atoms with E-state index in [1.165, 1.54) is 5.56 Å². The molecule has 3 rings (SSSR count). The smallest absolute Gasteiger partial charge is 0.138 e. The number of hydrogen-bond acceptors (Lipinski definition) is 1. The van der Waals surface area contributed by atoms with E-state index in [4.69, 9.17) is 11.6 Å². The molecular weight excluding hydrogens is 321 g/mol. The lowest BCUT2D eigenvalue weighted by atomic mass is 9.86. The summed E-state index contributed by atoms with van der Waals surface area (Å²) in [6.07, 6.45) is 2.20. The molecule has 1 nitrogen and oxygen atoms in total.